The number of benzene rings is 3. The Balaban J connectivity index is 1.76. The SMILES string of the molecule is CCCCCOc1ccccc1C(=O)N(C)c1ccccc1C(=O)NCc1ccccc1. The minimum atomic E-state index is -0.229. The molecule has 0 spiro atoms. The zero-order valence-corrected chi connectivity index (χ0v) is 18.7. The average molecular weight is 431 g/mol. The van der Waals surface area contributed by atoms with Crippen molar-refractivity contribution in [2.45, 2.75) is 32.7 Å². The van der Waals surface area contributed by atoms with Crippen LogP contribution in [-0.2, 0) is 6.54 Å². The molecule has 0 fully saturated rings. The van der Waals surface area contributed by atoms with Crippen LogP contribution >= 0.6 is 0 Å². The second kappa shape index (κ2) is 11.7. The third-order valence-corrected chi connectivity index (χ3v) is 5.23. The number of ether oxygens (including phenoxy) is 1. The smallest absolute Gasteiger partial charge is 0.261 e. The molecule has 3 aromatic rings. The Hall–Kier alpha value is -3.60. The van der Waals surface area contributed by atoms with Gasteiger partial charge in [0.1, 0.15) is 5.75 Å². The van der Waals surface area contributed by atoms with Crippen molar-refractivity contribution in [3.05, 3.63) is 95.6 Å². The summed E-state index contributed by atoms with van der Waals surface area (Å²) >= 11 is 0. The van der Waals surface area contributed by atoms with E-state index in [4.69, 9.17) is 4.74 Å². The maximum Gasteiger partial charge on any atom is 0.261 e. The topological polar surface area (TPSA) is 58.6 Å². The Kier molecular flexibility index (Phi) is 8.44. The normalized spacial score (nSPS) is 10.4. The first-order valence-corrected chi connectivity index (χ1v) is 11.0. The Morgan fingerprint density at radius 1 is 0.844 bits per heavy atom. The first-order valence-electron chi connectivity index (χ1n) is 11.0. The number of amides is 2. The van der Waals surface area contributed by atoms with E-state index in [1.54, 1.807) is 31.3 Å². The van der Waals surface area contributed by atoms with Crippen molar-refractivity contribution in [1.29, 1.82) is 0 Å². The number of hydrogen-bond acceptors (Lipinski definition) is 3. The first-order chi connectivity index (χ1) is 15.6. The molecule has 32 heavy (non-hydrogen) atoms. The second-order valence-corrected chi connectivity index (χ2v) is 7.60. The summed E-state index contributed by atoms with van der Waals surface area (Å²) in [7, 11) is 1.68. The van der Waals surface area contributed by atoms with E-state index < -0.39 is 0 Å². The van der Waals surface area contributed by atoms with Crippen LogP contribution in [0.1, 0.15) is 52.5 Å². The quantitative estimate of drug-likeness (QED) is 0.434. The molecule has 0 aromatic heterocycles. The monoisotopic (exact) mass is 430 g/mol. The molecule has 2 amide bonds. The van der Waals surface area contributed by atoms with Gasteiger partial charge in [-0.2, -0.15) is 0 Å². The average Bonchev–Trinajstić information content (AvgIpc) is 2.85. The summed E-state index contributed by atoms with van der Waals surface area (Å²) in [4.78, 5) is 27.7. The third kappa shape index (κ3) is 5.97. The number of nitrogens with one attached hydrogen (secondary N) is 1. The van der Waals surface area contributed by atoms with Gasteiger partial charge >= 0.3 is 0 Å². The number of carbonyl (C=O) groups is 2. The number of unbranched alkanes of at least 4 members (excludes halogenated alkanes) is 2. The Morgan fingerprint density at radius 3 is 2.25 bits per heavy atom. The van der Waals surface area contributed by atoms with Crippen LogP contribution in [-0.4, -0.2) is 25.5 Å². The number of nitrogens with zero attached hydrogens (tertiary/aromatic N) is 1. The molecular formula is C27H30N2O3. The summed E-state index contributed by atoms with van der Waals surface area (Å²) in [5.74, 6) is 0.110. The lowest BCUT2D eigenvalue weighted by Crippen LogP contribution is -2.31. The fraction of sp³-hybridized carbons (Fsp3) is 0.259. The number of hydrogen-bond donors (Lipinski definition) is 1. The van der Waals surface area contributed by atoms with Crippen molar-refractivity contribution in [3.63, 3.8) is 0 Å². The molecule has 0 aliphatic carbocycles. The van der Waals surface area contributed by atoms with E-state index in [9.17, 15) is 9.59 Å². The van der Waals surface area contributed by atoms with E-state index in [0.717, 1.165) is 24.8 Å². The lowest BCUT2D eigenvalue weighted by molar-refractivity contribution is 0.0951. The summed E-state index contributed by atoms with van der Waals surface area (Å²) in [6.07, 6.45) is 3.14. The molecule has 3 aromatic carbocycles. The van der Waals surface area contributed by atoms with Crippen molar-refractivity contribution >= 4 is 17.5 Å². The van der Waals surface area contributed by atoms with Gasteiger partial charge in [-0.15, -0.1) is 0 Å². The van der Waals surface area contributed by atoms with E-state index in [0.29, 0.717) is 35.7 Å². The fourth-order valence-corrected chi connectivity index (χ4v) is 3.43. The Labute approximate surface area is 190 Å². The van der Waals surface area contributed by atoms with Gasteiger partial charge in [-0.1, -0.05) is 74.4 Å². The van der Waals surface area contributed by atoms with Crippen molar-refractivity contribution in [2.24, 2.45) is 0 Å². The number of para-hydroxylation sites is 2. The second-order valence-electron chi connectivity index (χ2n) is 7.60. The summed E-state index contributed by atoms with van der Waals surface area (Å²) < 4.78 is 5.88. The molecule has 0 bridgehead atoms. The van der Waals surface area contributed by atoms with Crippen LogP contribution in [0, 0.1) is 0 Å². The molecule has 0 heterocycles. The van der Waals surface area contributed by atoms with Crippen molar-refractivity contribution in [2.75, 3.05) is 18.6 Å². The van der Waals surface area contributed by atoms with Crippen LogP contribution in [0.25, 0.3) is 0 Å². The molecule has 0 saturated heterocycles. The number of carbonyl (C=O) groups excluding carboxylic acids is 2. The zero-order chi connectivity index (χ0) is 22.8. The maximum atomic E-state index is 13.3. The summed E-state index contributed by atoms with van der Waals surface area (Å²) in [6.45, 7) is 3.13. The fourth-order valence-electron chi connectivity index (χ4n) is 3.43. The highest BCUT2D eigenvalue weighted by Crippen LogP contribution is 2.25. The van der Waals surface area contributed by atoms with Gasteiger partial charge in [0, 0.05) is 13.6 Å². The molecule has 0 saturated carbocycles. The summed E-state index contributed by atoms with van der Waals surface area (Å²) in [5.41, 5.74) is 2.48. The highest BCUT2D eigenvalue weighted by Gasteiger charge is 2.22. The minimum absolute atomic E-state index is 0.223. The van der Waals surface area contributed by atoms with Crippen molar-refractivity contribution in [3.8, 4) is 5.75 Å². The van der Waals surface area contributed by atoms with Crippen LogP contribution in [0.3, 0.4) is 0 Å². The van der Waals surface area contributed by atoms with E-state index in [1.807, 2.05) is 54.6 Å². The highest BCUT2D eigenvalue weighted by molar-refractivity contribution is 6.11. The third-order valence-electron chi connectivity index (χ3n) is 5.23. The molecule has 166 valence electrons. The van der Waals surface area contributed by atoms with Gasteiger partial charge in [-0.25, -0.2) is 0 Å². The van der Waals surface area contributed by atoms with Crippen LogP contribution < -0.4 is 15.0 Å². The summed E-state index contributed by atoms with van der Waals surface area (Å²) in [6, 6.07) is 24.1. The standard InChI is InChI=1S/C27H30N2O3/c1-3-4-12-19-32-25-18-11-9-16-23(25)27(31)29(2)24-17-10-8-15-22(24)26(30)28-20-21-13-6-5-7-14-21/h5-11,13-18H,3-4,12,19-20H2,1-2H3,(H,28,30). The minimum Gasteiger partial charge on any atom is -0.493 e. The van der Waals surface area contributed by atoms with Crippen LogP contribution in [0.5, 0.6) is 5.75 Å². The van der Waals surface area contributed by atoms with Gasteiger partial charge < -0.3 is 15.0 Å². The molecule has 3 rings (SSSR count). The number of rotatable bonds is 10. The van der Waals surface area contributed by atoms with Gasteiger partial charge in [-0.3, -0.25) is 9.59 Å². The van der Waals surface area contributed by atoms with E-state index in [1.165, 1.54) is 4.90 Å². The first kappa shape index (κ1) is 23.1. The molecular weight excluding hydrogens is 400 g/mol. The molecule has 0 radical (unpaired) electrons. The van der Waals surface area contributed by atoms with Crippen molar-refractivity contribution < 1.29 is 14.3 Å². The Bertz CT molecular complexity index is 1030. The summed E-state index contributed by atoms with van der Waals surface area (Å²) in [5, 5.41) is 2.94. The van der Waals surface area contributed by atoms with Crippen LogP contribution in [0.2, 0.25) is 0 Å². The Morgan fingerprint density at radius 2 is 1.50 bits per heavy atom. The molecule has 0 aliphatic rings. The van der Waals surface area contributed by atoms with E-state index in [2.05, 4.69) is 12.2 Å². The highest BCUT2D eigenvalue weighted by atomic mass is 16.5. The van der Waals surface area contributed by atoms with E-state index >= 15 is 0 Å². The van der Waals surface area contributed by atoms with Gasteiger partial charge in [0.25, 0.3) is 11.8 Å². The van der Waals surface area contributed by atoms with Gasteiger partial charge in [-0.05, 0) is 36.2 Å². The lowest BCUT2D eigenvalue weighted by atomic mass is 10.1. The largest absolute Gasteiger partial charge is 0.493 e. The lowest BCUT2D eigenvalue weighted by Gasteiger charge is -2.22. The van der Waals surface area contributed by atoms with Gasteiger partial charge in [0.15, 0.2) is 0 Å². The van der Waals surface area contributed by atoms with Crippen LogP contribution in [0.15, 0.2) is 78.9 Å². The predicted molar refractivity (Wildman–Crippen MR) is 128 cm³/mol. The molecule has 1 N–H and O–H groups in total. The molecule has 0 atom stereocenters. The number of anilines is 1. The zero-order valence-electron chi connectivity index (χ0n) is 18.7. The predicted octanol–water partition coefficient (Wildman–Crippen LogP) is 5.46. The van der Waals surface area contributed by atoms with Crippen molar-refractivity contribution in [1.82, 2.24) is 5.32 Å². The van der Waals surface area contributed by atoms with Gasteiger partial charge in [0.2, 0.25) is 0 Å². The van der Waals surface area contributed by atoms with Crippen LogP contribution in [0.4, 0.5) is 5.69 Å². The van der Waals surface area contributed by atoms with E-state index in [-0.39, 0.29) is 11.8 Å². The molecule has 0 aliphatic heterocycles. The van der Waals surface area contributed by atoms with Gasteiger partial charge in [0.05, 0.1) is 23.4 Å². The molecule has 0 unspecified atom stereocenters. The molecule has 5 nitrogen and oxygen atoms in total. The maximum absolute atomic E-state index is 13.3. The molecule has 5 heteroatoms.